The lowest BCUT2D eigenvalue weighted by Crippen LogP contribution is -2.22. The molecule has 0 aliphatic rings. The third-order valence-corrected chi connectivity index (χ3v) is 7.36. The fourth-order valence-electron chi connectivity index (χ4n) is 3.48. The van der Waals surface area contributed by atoms with Gasteiger partial charge in [0.2, 0.25) is 0 Å². The van der Waals surface area contributed by atoms with Crippen LogP contribution in [0, 0.1) is 0 Å². The van der Waals surface area contributed by atoms with Crippen LogP contribution < -0.4 is 19.6 Å². The highest BCUT2D eigenvalue weighted by atomic mass is 79.9. The number of benzene rings is 3. The number of ether oxygens (including phenoxy) is 2. The van der Waals surface area contributed by atoms with E-state index in [9.17, 15) is 4.79 Å². The van der Waals surface area contributed by atoms with E-state index in [0.29, 0.717) is 31.0 Å². The Hall–Kier alpha value is -2.58. The molecule has 0 unspecified atom stereocenters. The van der Waals surface area contributed by atoms with E-state index in [0.717, 1.165) is 26.6 Å². The Kier molecular flexibility index (Phi) is 6.05. The van der Waals surface area contributed by atoms with Crippen molar-refractivity contribution in [3.63, 3.8) is 0 Å². The minimum atomic E-state index is -0.104. The third-order valence-electron chi connectivity index (χ3n) is 5.11. The molecule has 2 aromatic heterocycles. The molecular weight excluding hydrogens is 547 g/mol. The lowest BCUT2D eigenvalue weighted by molar-refractivity contribution is 0.284. The molecule has 0 fully saturated rings. The summed E-state index contributed by atoms with van der Waals surface area (Å²) in [6.45, 7) is 0.252. The predicted octanol–water partition coefficient (Wildman–Crippen LogP) is 6.11. The minimum absolute atomic E-state index is 0.104. The van der Waals surface area contributed by atoms with Crippen molar-refractivity contribution in [2.45, 2.75) is 6.61 Å². The van der Waals surface area contributed by atoms with Crippen LogP contribution in [0.4, 0.5) is 0 Å². The normalized spacial score (nSPS) is 12.1. The average Bonchev–Trinajstić information content (AvgIpc) is 3.30. The van der Waals surface area contributed by atoms with Crippen molar-refractivity contribution >= 4 is 72.5 Å². The van der Waals surface area contributed by atoms with Crippen LogP contribution in [0.25, 0.3) is 22.1 Å². The summed E-state index contributed by atoms with van der Waals surface area (Å²) in [5, 5.41) is 1.10. The summed E-state index contributed by atoms with van der Waals surface area (Å²) in [4.78, 5) is 18.3. The number of nitrogens with zero attached hydrogens (tertiary/aromatic N) is 2. The number of thiazole rings is 1. The quantitative estimate of drug-likeness (QED) is 0.260. The lowest BCUT2D eigenvalue weighted by atomic mass is 10.2. The first-order chi connectivity index (χ1) is 15.9. The number of para-hydroxylation sites is 2. The number of halogens is 3. The van der Waals surface area contributed by atoms with Gasteiger partial charge in [-0.05, 0) is 48.0 Å². The largest absolute Gasteiger partial charge is 0.493 e. The van der Waals surface area contributed by atoms with Crippen LogP contribution in [0.1, 0.15) is 11.1 Å². The Bertz CT molecular complexity index is 1630. The maximum absolute atomic E-state index is 13.1. The summed E-state index contributed by atoms with van der Waals surface area (Å²) in [7, 11) is 1.57. The van der Waals surface area contributed by atoms with Gasteiger partial charge in [0.15, 0.2) is 16.5 Å². The molecule has 0 bridgehead atoms. The molecule has 9 heteroatoms. The Balaban J connectivity index is 1.51. The van der Waals surface area contributed by atoms with Crippen LogP contribution in [0.3, 0.4) is 0 Å². The lowest BCUT2D eigenvalue weighted by Gasteiger charge is -2.13. The van der Waals surface area contributed by atoms with Gasteiger partial charge in [-0.3, -0.25) is 4.79 Å². The van der Waals surface area contributed by atoms with Crippen LogP contribution in [-0.2, 0) is 6.61 Å². The van der Waals surface area contributed by atoms with Crippen LogP contribution >= 0.6 is 50.5 Å². The van der Waals surface area contributed by atoms with Crippen LogP contribution in [0.5, 0.6) is 11.5 Å². The Morgan fingerprint density at radius 3 is 2.73 bits per heavy atom. The van der Waals surface area contributed by atoms with E-state index in [1.165, 1.54) is 11.3 Å². The van der Waals surface area contributed by atoms with Gasteiger partial charge in [-0.1, -0.05) is 68.7 Å². The van der Waals surface area contributed by atoms with Gasteiger partial charge in [0, 0.05) is 20.1 Å². The molecule has 5 rings (SSSR count). The minimum Gasteiger partial charge on any atom is -0.493 e. The predicted molar refractivity (Wildman–Crippen MR) is 137 cm³/mol. The molecule has 5 nitrogen and oxygen atoms in total. The molecule has 0 saturated heterocycles. The van der Waals surface area contributed by atoms with Crippen LogP contribution in [0.2, 0.25) is 10.0 Å². The first kappa shape index (κ1) is 22.2. The maximum atomic E-state index is 13.1. The number of hydrogen-bond acceptors (Lipinski definition) is 5. The van der Waals surface area contributed by atoms with E-state index >= 15 is 0 Å². The summed E-state index contributed by atoms with van der Waals surface area (Å²) in [6, 6.07) is 16.5. The highest BCUT2D eigenvalue weighted by Crippen LogP contribution is 2.35. The topological polar surface area (TPSA) is 52.8 Å². The first-order valence-electron chi connectivity index (χ1n) is 9.80. The number of fused-ring (bicyclic) bond motifs is 3. The molecule has 0 aliphatic heterocycles. The van der Waals surface area contributed by atoms with E-state index in [1.54, 1.807) is 23.6 Å². The van der Waals surface area contributed by atoms with E-state index in [4.69, 9.17) is 32.7 Å². The standard InChI is InChI=1S/C24H15BrCl2N2O3S/c1-31-20-8-14(16(25)11-21(20)32-12-13-6-7-15(26)10-17(13)27)9-22-23(30)29-19-5-3-2-4-18(19)28-24(29)33-22/h2-11H,12H2,1H3/b22-9-. The van der Waals surface area contributed by atoms with Gasteiger partial charge in [-0.15, -0.1) is 0 Å². The number of rotatable bonds is 5. The van der Waals surface area contributed by atoms with Crippen molar-refractivity contribution in [2.75, 3.05) is 7.11 Å². The van der Waals surface area contributed by atoms with E-state index in [-0.39, 0.29) is 12.2 Å². The van der Waals surface area contributed by atoms with Crippen molar-refractivity contribution in [1.29, 1.82) is 0 Å². The third kappa shape index (κ3) is 4.22. The van der Waals surface area contributed by atoms with Crippen molar-refractivity contribution < 1.29 is 9.47 Å². The molecule has 0 saturated carbocycles. The monoisotopic (exact) mass is 560 g/mol. The van der Waals surface area contributed by atoms with Crippen LogP contribution in [0.15, 0.2) is 63.9 Å². The van der Waals surface area contributed by atoms with Gasteiger partial charge >= 0.3 is 0 Å². The number of hydrogen-bond donors (Lipinski definition) is 0. The molecule has 0 spiro atoms. The summed E-state index contributed by atoms with van der Waals surface area (Å²) in [5.74, 6) is 1.08. The maximum Gasteiger partial charge on any atom is 0.274 e. The highest BCUT2D eigenvalue weighted by molar-refractivity contribution is 9.10. The Morgan fingerprint density at radius 1 is 1.12 bits per heavy atom. The second-order valence-corrected chi connectivity index (χ2v) is 9.89. The summed E-state index contributed by atoms with van der Waals surface area (Å²) < 4.78 is 14.5. The van der Waals surface area contributed by atoms with Gasteiger partial charge in [0.05, 0.1) is 22.7 Å². The molecule has 33 heavy (non-hydrogen) atoms. The number of aromatic nitrogens is 2. The smallest absolute Gasteiger partial charge is 0.274 e. The van der Waals surface area contributed by atoms with Crippen molar-refractivity contribution in [1.82, 2.24) is 9.38 Å². The van der Waals surface area contributed by atoms with Crippen molar-refractivity contribution in [3.05, 3.63) is 95.1 Å². The fraction of sp³-hybridized carbons (Fsp3) is 0.0833. The number of methoxy groups -OCH3 is 1. The van der Waals surface area contributed by atoms with Crippen molar-refractivity contribution in [3.8, 4) is 11.5 Å². The van der Waals surface area contributed by atoms with Gasteiger partial charge < -0.3 is 9.47 Å². The zero-order chi connectivity index (χ0) is 23.1. The fourth-order valence-corrected chi connectivity index (χ4v) is 5.36. The molecule has 166 valence electrons. The van der Waals surface area contributed by atoms with E-state index in [2.05, 4.69) is 20.9 Å². The molecule has 3 aromatic carbocycles. The molecule has 2 heterocycles. The summed E-state index contributed by atoms with van der Waals surface area (Å²) >= 11 is 17.1. The molecule has 0 radical (unpaired) electrons. The van der Waals surface area contributed by atoms with Gasteiger partial charge in [0.1, 0.15) is 6.61 Å². The average molecular weight is 562 g/mol. The second-order valence-electron chi connectivity index (χ2n) is 7.18. The zero-order valence-electron chi connectivity index (χ0n) is 17.1. The molecule has 0 N–H and O–H groups in total. The Labute approximate surface area is 210 Å². The first-order valence-corrected chi connectivity index (χ1v) is 12.2. The zero-order valence-corrected chi connectivity index (χ0v) is 21.1. The number of imidazole rings is 1. The summed E-state index contributed by atoms with van der Waals surface area (Å²) in [5.41, 5.74) is 3.09. The molecular formula is C24H15BrCl2N2O3S. The van der Waals surface area contributed by atoms with E-state index < -0.39 is 0 Å². The molecule has 0 atom stereocenters. The van der Waals surface area contributed by atoms with Gasteiger partial charge in [-0.2, -0.15) is 0 Å². The second kappa shape index (κ2) is 8.99. The summed E-state index contributed by atoms with van der Waals surface area (Å²) in [6.07, 6.45) is 1.82. The van der Waals surface area contributed by atoms with Crippen LogP contribution in [-0.4, -0.2) is 16.5 Å². The molecule has 5 aromatic rings. The highest BCUT2D eigenvalue weighted by Gasteiger charge is 2.14. The van der Waals surface area contributed by atoms with Gasteiger partial charge in [0.25, 0.3) is 5.56 Å². The van der Waals surface area contributed by atoms with Gasteiger partial charge in [-0.25, -0.2) is 9.38 Å². The Morgan fingerprint density at radius 2 is 1.94 bits per heavy atom. The molecule has 0 aliphatic carbocycles. The SMILES string of the molecule is COc1cc(/C=c2\sc3nc4ccccc4n3c2=O)c(Br)cc1OCc1ccc(Cl)cc1Cl. The molecule has 0 amide bonds. The van der Waals surface area contributed by atoms with Crippen molar-refractivity contribution in [2.24, 2.45) is 0 Å². The van der Waals surface area contributed by atoms with E-state index in [1.807, 2.05) is 48.5 Å².